The number of ether oxygens (including phenoxy) is 3. The van der Waals surface area contributed by atoms with Crippen LogP contribution in [-0.2, 0) is 28.6 Å². The molecular formula is C68H118O6. The Balaban J connectivity index is 4.47. The largest absolute Gasteiger partial charge is 0.462 e. The normalized spacial score (nSPS) is 12.6. The van der Waals surface area contributed by atoms with Gasteiger partial charge in [-0.15, -0.1) is 0 Å². The Hall–Kier alpha value is -3.41. The summed E-state index contributed by atoms with van der Waals surface area (Å²) in [6.45, 7) is 6.50. The van der Waals surface area contributed by atoms with Crippen LogP contribution in [0, 0.1) is 0 Å². The Morgan fingerprint density at radius 3 is 0.905 bits per heavy atom. The summed E-state index contributed by atoms with van der Waals surface area (Å²) in [6.07, 6.45) is 81.7. The SMILES string of the molecule is CC/C=C\C/C=C\C/C=C\C/C=C\C/C=C\C/C=C\CCC(=O)OC[C@@H](COC(=O)CCCCCCCCCCCCCCCCCCCC)OC(=O)CCCCCCCCC/C=C\CCCCCCCCCC. The highest BCUT2D eigenvalue weighted by Gasteiger charge is 2.19. The van der Waals surface area contributed by atoms with E-state index in [1.54, 1.807) is 0 Å². The van der Waals surface area contributed by atoms with Crippen LogP contribution >= 0.6 is 0 Å². The second-order valence-corrected chi connectivity index (χ2v) is 20.9. The van der Waals surface area contributed by atoms with E-state index in [2.05, 4.69) is 99.8 Å². The predicted molar refractivity (Wildman–Crippen MR) is 321 cm³/mol. The molecule has 426 valence electrons. The van der Waals surface area contributed by atoms with Crippen molar-refractivity contribution in [3.05, 3.63) is 85.1 Å². The third-order valence-electron chi connectivity index (χ3n) is 13.6. The maximum atomic E-state index is 12.9. The third kappa shape index (κ3) is 59.5. The zero-order valence-electron chi connectivity index (χ0n) is 48.8. The Morgan fingerprint density at radius 2 is 0.554 bits per heavy atom. The number of esters is 3. The van der Waals surface area contributed by atoms with Crippen molar-refractivity contribution < 1.29 is 28.6 Å². The van der Waals surface area contributed by atoms with Crippen LogP contribution in [-0.4, -0.2) is 37.2 Å². The van der Waals surface area contributed by atoms with E-state index >= 15 is 0 Å². The lowest BCUT2D eigenvalue weighted by Gasteiger charge is -2.18. The summed E-state index contributed by atoms with van der Waals surface area (Å²) in [4.78, 5) is 38.3. The second kappa shape index (κ2) is 62.1. The lowest BCUT2D eigenvalue weighted by molar-refractivity contribution is -0.166. The van der Waals surface area contributed by atoms with E-state index in [4.69, 9.17) is 14.2 Å². The first kappa shape index (κ1) is 70.6. The smallest absolute Gasteiger partial charge is 0.306 e. The van der Waals surface area contributed by atoms with Crippen molar-refractivity contribution in [1.29, 1.82) is 0 Å². The fourth-order valence-electron chi connectivity index (χ4n) is 8.94. The molecule has 74 heavy (non-hydrogen) atoms. The fraction of sp³-hybridized carbons (Fsp3) is 0.750. The van der Waals surface area contributed by atoms with E-state index in [0.717, 1.165) is 77.0 Å². The van der Waals surface area contributed by atoms with Gasteiger partial charge in [0.15, 0.2) is 6.10 Å². The van der Waals surface area contributed by atoms with E-state index in [9.17, 15) is 14.4 Å². The Labute approximate surface area is 458 Å². The van der Waals surface area contributed by atoms with Gasteiger partial charge in [-0.25, -0.2) is 0 Å². The summed E-state index contributed by atoms with van der Waals surface area (Å²) in [5.41, 5.74) is 0. The minimum Gasteiger partial charge on any atom is -0.462 e. The zero-order chi connectivity index (χ0) is 53.6. The van der Waals surface area contributed by atoms with Gasteiger partial charge in [0.25, 0.3) is 0 Å². The molecule has 0 aliphatic heterocycles. The summed E-state index contributed by atoms with van der Waals surface area (Å²) in [5.74, 6) is -0.978. The van der Waals surface area contributed by atoms with E-state index < -0.39 is 6.10 Å². The van der Waals surface area contributed by atoms with Gasteiger partial charge in [-0.05, 0) is 83.5 Å². The van der Waals surface area contributed by atoms with E-state index in [0.29, 0.717) is 19.3 Å². The van der Waals surface area contributed by atoms with Gasteiger partial charge in [0.2, 0.25) is 0 Å². The zero-order valence-corrected chi connectivity index (χ0v) is 48.8. The van der Waals surface area contributed by atoms with Crippen LogP contribution < -0.4 is 0 Å². The maximum absolute atomic E-state index is 12.9. The van der Waals surface area contributed by atoms with Crippen molar-refractivity contribution in [2.45, 2.75) is 316 Å². The van der Waals surface area contributed by atoms with Crippen molar-refractivity contribution in [3.63, 3.8) is 0 Å². The molecule has 0 bridgehead atoms. The highest BCUT2D eigenvalue weighted by molar-refractivity contribution is 5.71. The number of unbranched alkanes of at least 4 members (excludes halogenated alkanes) is 32. The third-order valence-corrected chi connectivity index (χ3v) is 13.6. The summed E-state index contributed by atoms with van der Waals surface area (Å²) in [5, 5.41) is 0. The van der Waals surface area contributed by atoms with Gasteiger partial charge in [0.05, 0.1) is 0 Å². The van der Waals surface area contributed by atoms with Crippen molar-refractivity contribution in [2.75, 3.05) is 13.2 Å². The molecule has 0 heterocycles. The van der Waals surface area contributed by atoms with Crippen molar-refractivity contribution in [1.82, 2.24) is 0 Å². The van der Waals surface area contributed by atoms with E-state index in [-0.39, 0.29) is 37.5 Å². The monoisotopic (exact) mass is 1030 g/mol. The van der Waals surface area contributed by atoms with Crippen LogP contribution in [0.5, 0.6) is 0 Å². The minimum atomic E-state index is -0.809. The molecule has 0 rings (SSSR count). The van der Waals surface area contributed by atoms with Crippen LogP contribution in [0.4, 0.5) is 0 Å². The molecule has 0 saturated carbocycles. The van der Waals surface area contributed by atoms with Gasteiger partial charge in [0, 0.05) is 19.3 Å². The molecule has 0 N–H and O–H groups in total. The average molecular weight is 1030 g/mol. The van der Waals surface area contributed by atoms with E-state index in [1.165, 1.54) is 186 Å². The topological polar surface area (TPSA) is 78.9 Å². The molecule has 0 aromatic heterocycles. The molecule has 0 unspecified atom stereocenters. The van der Waals surface area contributed by atoms with Gasteiger partial charge in [0.1, 0.15) is 13.2 Å². The predicted octanol–water partition coefficient (Wildman–Crippen LogP) is 21.5. The lowest BCUT2D eigenvalue weighted by atomic mass is 10.0. The Bertz CT molecular complexity index is 1420. The van der Waals surface area contributed by atoms with Gasteiger partial charge < -0.3 is 14.2 Å². The molecule has 0 amide bonds. The van der Waals surface area contributed by atoms with Crippen LogP contribution in [0.2, 0.25) is 0 Å². The molecule has 6 nitrogen and oxygen atoms in total. The molecule has 0 aromatic rings. The molecular weight excluding hydrogens is 913 g/mol. The van der Waals surface area contributed by atoms with Gasteiger partial charge in [-0.1, -0.05) is 292 Å². The van der Waals surface area contributed by atoms with E-state index in [1.807, 2.05) is 6.08 Å². The number of hydrogen-bond donors (Lipinski definition) is 0. The first-order chi connectivity index (χ1) is 36.5. The summed E-state index contributed by atoms with van der Waals surface area (Å²) >= 11 is 0. The van der Waals surface area contributed by atoms with Crippen LogP contribution in [0.25, 0.3) is 0 Å². The van der Waals surface area contributed by atoms with Crippen LogP contribution in [0.1, 0.15) is 310 Å². The first-order valence-corrected chi connectivity index (χ1v) is 31.6. The van der Waals surface area contributed by atoms with Gasteiger partial charge >= 0.3 is 17.9 Å². The maximum Gasteiger partial charge on any atom is 0.306 e. The molecule has 0 aromatic carbocycles. The van der Waals surface area contributed by atoms with Crippen LogP contribution in [0.3, 0.4) is 0 Å². The quantitative estimate of drug-likeness (QED) is 0.0261. The number of hydrogen-bond acceptors (Lipinski definition) is 6. The minimum absolute atomic E-state index is 0.0988. The molecule has 0 fully saturated rings. The van der Waals surface area contributed by atoms with Crippen LogP contribution in [0.15, 0.2) is 85.1 Å². The number of allylic oxidation sites excluding steroid dienone is 14. The Kier molecular flexibility index (Phi) is 59.3. The number of carbonyl (C=O) groups excluding carboxylic acids is 3. The van der Waals surface area contributed by atoms with Crippen molar-refractivity contribution in [2.24, 2.45) is 0 Å². The first-order valence-electron chi connectivity index (χ1n) is 31.6. The molecule has 0 saturated heterocycles. The van der Waals surface area contributed by atoms with Gasteiger partial charge in [-0.2, -0.15) is 0 Å². The number of rotatable bonds is 57. The molecule has 0 radical (unpaired) electrons. The average Bonchev–Trinajstić information content (AvgIpc) is 3.40. The molecule has 0 aliphatic rings. The summed E-state index contributed by atoms with van der Waals surface area (Å²) in [6, 6.07) is 0. The molecule has 6 heteroatoms. The lowest BCUT2D eigenvalue weighted by Crippen LogP contribution is -2.30. The summed E-state index contributed by atoms with van der Waals surface area (Å²) < 4.78 is 16.9. The Morgan fingerprint density at radius 1 is 0.284 bits per heavy atom. The summed E-state index contributed by atoms with van der Waals surface area (Å²) in [7, 11) is 0. The standard InChI is InChI=1S/C68H118O6/c1-4-7-10-13-16-19-22-25-28-31-34-37-40-43-46-49-52-55-58-61-67(70)73-64-65(63-72-66(69)60-57-54-51-48-45-42-39-36-33-30-27-24-21-18-15-12-9-6-3)74-68(71)62-59-56-53-50-47-44-41-38-35-32-29-26-23-20-17-14-11-8-5-2/h7,10,16,19,25,28,32,34-35,37,43,46,52,55,65H,4-6,8-9,11-15,17-18,20-24,26-27,29-31,33,36,38-42,44-45,47-51,53-54,56-64H2,1-3H3/b10-7-,19-16-,28-25-,35-32-,37-34-,46-43-,55-52-/t65-/m1/s1. The van der Waals surface area contributed by atoms with Gasteiger partial charge in [-0.3, -0.25) is 14.4 Å². The number of carbonyl (C=O) groups is 3. The van der Waals surface area contributed by atoms with Crippen molar-refractivity contribution in [3.8, 4) is 0 Å². The molecule has 0 aliphatic carbocycles. The van der Waals surface area contributed by atoms with Crippen molar-refractivity contribution >= 4 is 17.9 Å². The molecule has 1 atom stereocenters. The highest BCUT2D eigenvalue weighted by Crippen LogP contribution is 2.17. The fourth-order valence-corrected chi connectivity index (χ4v) is 8.94. The highest BCUT2D eigenvalue weighted by atomic mass is 16.6. The second-order valence-electron chi connectivity index (χ2n) is 20.9. The molecule has 0 spiro atoms.